The van der Waals surface area contributed by atoms with Gasteiger partial charge < -0.3 is 19.6 Å². The Morgan fingerprint density at radius 3 is 2.90 bits per heavy atom. The van der Waals surface area contributed by atoms with E-state index in [-0.39, 0.29) is 12.5 Å². The molecular weight excluding hydrogens is 260 g/mol. The molecule has 1 N–H and O–H groups in total. The lowest BCUT2D eigenvalue weighted by Gasteiger charge is -2.33. The van der Waals surface area contributed by atoms with Crippen molar-refractivity contribution in [2.24, 2.45) is 0 Å². The Morgan fingerprint density at radius 2 is 2.15 bits per heavy atom. The highest BCUT2D eigenvalue weighted by molar-refractivity contribution is 5.95. The predicted molar refractivity (Wildman–Crippen MR) is 71.8 cm³/mol. The normalized spacial score (nSPS) is 18.9. The lowest BCUT2D eigenvalue weighted by Crippen LogP contribution is -2.43. The van der Waals surface area contributed by atoms with E-state index < -0.39 is 6.09 Å². The van der Waals surface area contributed by atoms with Crippen molar-refractivity contribution in [3.05, 3.63) is 29.3 Å². The van der Waals surface area contributed by atoms with E-state index in [4.69, 9.17) is 9.84 Å². The summed E-state index contributed by atoms with van der Waals surface area (Å²) in [5.41, 5.74) is 2.97. The van der Waals surface area contributed by atoms with Gasteiger partial charge in [-0.1, -0.05) is 12.1 Å². The molecular formula is C14H16N2O4. The molecule has 106 valence electrons. The lowest BCUT2D eigenvalue weighted by atomic mass is 9.97. The van der Waals surface area contributed by atoms with Gasteiger partial charge in [-0.2, -0.15) is 0 Å². The summed E-state index contributed by atoms with van der Waals surface area (Å²) in [4.78, 5) is 26.1. The van der Waals surface area contributed by atoms with Crippen LogP contribution in [-0.2, 0) is 22.5 Å². The van der Waals surface area contributed by atoms with E-state index in [1.807, 2.05) is 18.2 Å². The standard InChI is InChI=1S/C14H16N2O4/c17-13-9-20-7-6-16(13)12-3-1-2-10-8-15(14(18)19)5-4-11(10)12/h1-3H,4-9H2,(H,18,19). The summed E-state index contributed by atoms with van der Waals surface area (Å²) < 4.78 is 5.15. The molecule has 2 heterocycles. The molecule has 20 heavy (non-hydrogen) atoms. The van der Waals surface area contributed by atoms with Gasteiger partial charge in [0.2, 0.25) is 0 Å². The average Bonchev–Trinajstić information content (AvgIpc) is 2.46. The molecule has 0 atom stereocenters. The second-order valence-corrected chi connectivity index (χ2v) is 4.97. The largest absolute Gasteiger partial charge is 0.465 e. The first-order chi connectivity index (χ1) is 9.66. The molecule has 0 radical (unpaired) electrons. The minimum atomic E-state index is -0.900. The first-order valence-corrected chi connectivity index (χ1v) is 6.63. The third kappa shape index (κ3) is 2.22. The topological polar surface area (TPSA) is 70.1 Å². The summed E-state index contributed by atoms with van der Waals surface area (Å²) in [6.45, 7) is 2.06. The van der Waals surface area contributed by atoms with Crippen LogP contribution < -0.4 is 4.90 Å². The number of hydrogen-bond donors (Lipinski definition) is 1. The summed E-state index contributed by atoms with van der Waals surface area (Å²) in [5.74, 6) is -0.0367. The molecule has 6 nitrogen and oxygen atoms in total. The number of fused-ring (bicyclic) bond motifs is 1. The van der Waals surface area contributed by atoms with E-state index in [0.717, 1.165) is 16.8 Å². The molecule has 0 aliphatic carbocycles. The quantitative estimate of drug-likeness (QED) is 0.833. The van der Waals surface area contributed by atoms with E-state index in [0.29, 0.717) is 32.7 Å². The number of morpholine rings is 1. The van der Waals surface area contributed by atoms with Crippen molar-refractivity contribution >= 4 is 17.7 Å². The summed E-state index contributed by atoms with van der Waals surface area (Å²) in [5, 5.41) is 9.07. The highest BCUT2D eigenvalue weighted by atomic mass is 16.5. The number of benzene rings is 1. The van der Waals surface area contributed by atoms with Gasteiger partial charge in [0.1, 0.15) is 6.61 Å². The molecule has 0 aromatic heterocycles. The molecule has 3 rings (SSSR count). The number of carbonyl (C=O) groups excluding carboxylic acids is 1. The first kappa shape index (κ1) is 12.9. The fraction of sp³-hybridized carbons (Fsp3) is 0.429. The zero-order valence-electron chi connectivity index (χ0n) is 11.0. The number of amides is 2. The SMILES string of the molecule is O=C(O)N1CCc2c(cccc2N2CCOCC2=O)C1. The first-order valence-electron chi connectivity index (χ1n) is 6.63. The monoisotopic (exact) mass is 276 g/mol. The molecule has 2 aliphatic heterocycles. The van der Waals surface area contributed by atoms with Gasteiger partial charge in [0.05, 0.1) is 6.61 Å². The molecule has 1 aromatic carbocycles. The fourth-order valence-corrected chi connectivity index (χ4v) is 2.78. The molecule has 2 aliphatic rings. The maximum absolute atomic E-state index is 11.9. The predicted octanol–water partition coefficient (Wildman–Crippen LogP) is 1.09. The van der Waals surface area contributed by atoms with Crippen LogP contribution in [0.15, 0.2) is 18.2 Å². The number of nitrogens with zero attached hydrogens (tertiary/aromatic N) is 2. The Kier molecular flexibility index (Phi) is 3.31. The third-order valence-electron chi connectivity index (χ3n) is 3.79. The summed E-state index contributed by atoms with van der Waals surface area (Å²) in [6.07, 6.45) is -0.258. The van der Waals surface area contributed by atoms with Crippen molar-refractivity contribution in [1.29, 1.82) is 0 Å². The van der Waals surface area contributed by atoms with Crippen LogP contribution in [0.3, 0.4) is 0 Å². The van der Waals surface area contributed by atoms with Crippen molar-refractivity contribution in [2.45, 2.75) is 13.0 Å². The third-order valence-corrected chi connectivity index (χ3v) is 3.79. The van der Waals surface area contributed by atoms with Gasteiger partial charge in [-0.05, 0) is 23.6 Å². The Bertz CT molecular complexity index is 558. The van der Waals surface area contributed by atoms with E-state index in [9.17, 15) is 9.59 Å². The van der Waals surface area contributed by atoms with Crippen LogP contribution in [0.25, 0.3) is 0 Å². The maximum atomic E-state index is 11.9. The molecule has 1 saturated heterocycles. The van der Waals surface area contributed by atoms with Gasteiger partial charge >= 0.3 is 6.09 Å². The summed E-state index contributed by atoms with van der Waals surface area (Å²) in [6, 6.07) is 5.74. The maximum Gasteiger partial charge on any atom is 0.407 e. The Labute approximate surface area is 116 Å². The van der Waals surface area contributed by atoms with E-state index in [1.54, 1.807) is 4.90 Å². The van der Waals surface area contributed by atoms with Crippen LogP contribution in [0.5, 0.6) is 0 Å². The number of carboxylic acid groups (broad SMARTS) is 1. The molecule has 6 heteroatoms. The van der Waals surface area contributed by atoms with Crippen LogP contribution in [0, 0.1) is 0 Å². The van der Waals surface area contributed by atoms with Gasteiger partial charge in [0.25, 0.3) is 5.91 Å². The minimum absolute atomic E-state index is 0.0367. The van der Waals surface area contributed by atoms with Crippen LogP contribution in [-0.4, -0.2) is 48.3 Å². The van der Waals surface area contributed by atoms with Crippen molar-refractivity contribution < 1.29 is 19.4 Å². The molecule has 0 saturated carbocycles. The van der Waals surface area contributed by atoms with E-state index in [1.165, 1.54) is 4.90 Å². The van der Waals surface area contributed by atoms with Crippen LogP contribution >= 0.6 is 0 Å². The molecule has 0 spiro atoms. The Morgan fingerprint density at radius 1 is 1.30 bits per heavy atom. The number of ether oxygens (including phenoxy) is 1. The summed E-state index contributed by atoms with van der Waals surface area (Å²) >= 11 is 0. The molecule has 1 fully saturated rings. The Balaban J connectivity index is 1.93. The smallest absolute Gasteiger partial charge is 0.407 e. The van der Waals surface area contributed by atoms with Gasteiger partial charge in [0.15, 0.2) is 0 Å². The van der Waals surface area contributed by atoms with E-state index >= 15 is 0 Å². The second kappa shape index (κ2) is 5.13. The number of rotatable bonds is 1. The van der Waals surface area contributed by atoms with Crippen molar-refractivity contribution in [1.82, 2.24) is 4.90 Å². The summed E-state index contributed by atoms with van der Waals surface area (Å²) in [7, 11) is 0. The second-order valence-electron chi connectivity index (χ2n) is 4.97. The molecule has 1 aromatic rings. The molecule has 0 bridgehead atoms. The number of hydrogen-bond acceptors (Lipinski definition) is 3. The Hall–Kier alpha value is -2.08. The highest BCUT2D eigenvalue weighted by Gasteiger charge is 2.27. The van der Waals surface area contributed by atoms with Gasteiger partial charge in [-0.15, -0.1) is 0 Å². The average molecular weight is 276 g/mol. The van der Waals surface area contributed by atoms with Gasteiger partial charge in [-0.3, -0.25) is 4.79 Å². The fourth-order valence-electron chi connectivity index (χ4n) is 2.78. The van der Waals surface area contributed by atoms with Gasteiger partial charge in [-0.25, -0.2) is 4.79 Å². The zero-order valence-corrected chi connectivity index (χ0v) is 11.0. The van der Waals surface area contributed by atoms with E-state index in [2.05, 4.69) is 0 Å². The minimum Gasteiger partial charge on any atom is -0.465 e. The number of carbonyl (C=O) groups is 2. The number of anilines is 1. The zero-order chi connectivity index (χ0) is 14.1. The molecule has 2 amide bonds. The lowest BCUT2D eigenvalue weighted by molar-refractivity contribution is -0.125. The molecule has 0 unspecified atom stereocenters. The highest BCUT2D eigenvalue weighted by Crippen LogP contribution is 2.29. The van der Waals surface area contributed by atoms with Crippen LogP contribution in [0.2, 0.25) is 0 Å². The van der Waals surface area contributed by atoms with Crippen LogP contribution in [0.1, 0.15) is 11.1 Å². The van der Waals surface area contributed by atoms with Gasteiger partial charge in [0, 0.05) is 25.3 Å². The van der Waals surface area contributed by atoms with Crippen molar-refractivity contribution in [2.75, 3.05) is 31.2 Å². The van der Waals surface area contributed by atoms with Crippen molar-refractivity contribution in [3.8, 4) is 0 Å². The van der Waals surface area contributed by atoms with Crippen molar-refractivity contribution in [3.63, 3.8) is 0 Å². The van der Waals surface area contributed by atoms with Crippen LogP contribution in [0.4, 0.5) is 10.5 Å².